The van der Waals surface area contributed by atoms with Gasteiger partial charge in [-0.25, -0.2) is 4.98 Å². The molecule has 1 aromatic rings. The van der Waals surface area contributed by atoms with Gasteiger partial charge in [0, 0.05) is 30.0 Å². The number of rotatable bonds is 5. The predicted octanol–water partition coefficient (Wildman–Crippen LogP) is 1.89. The van der Waals surface area contributed by atoms with E-state index in [9.17, 15) is 9.59 Å². The molecule has 1 saturated carbocycles. The smallest absolute Gasteiger partial charge is 0.243 e. The first-order valence-corrected chi connectivity index (χ1v) is 9.88. The quantitative estimate of drug-likeness (QED) is 0.890. The third-order valence-electron chi connectivity index (χ3n) is 4.34. The van der Waals surface area contributed by atoms with Crippen LogP contribution in [0.25, 0.3) is 0 Å². The van der Waals surface area contributed by atoms with Crippen molar-refractivity contribution in [2.45, 2.75) is 38.1 Å². The molecule has 0 bridgehead atoms. The van der Waals surface area contributed by atoms with Crippen LogP contribution in [0.4, 0.5) is 0 Å². The molecule has 1 atom stereocenters. The van der Waals surface area contributed by atoms with Crippen molar-refractivity contribution in [1.29, 1.82) is 0 Å². The Bertz CT molecular complexity index is 515. The fourth-order valence-corrected chi connectivity index (χ4v) is 4.83. The summed E-state index contributed by atoms with van der Waals surface area (Å²) >= 11 is 3.23. The van der Waals surface area contributed by atoms with Crippen LogP contribution in [0.15, 0.2) is 10.9 Å². The van der Waals surface area contributed by atoms with Crippen LogP contribution in [0.3, 0.4) is 0 Å². The van der Waals surface area contributed by atoms with E-state index < -0.39 is 0 Å². The van der Waals surface area contributed by atoms with Crippen LogP contribution in [0.1, 0.15) is 31.4 Å². The molecule has 22 heavy (non-hydrogen) atoms. The van der Waals surface area contributed by atoms with E-state index in [4.69, 9.17) is 0 Å². The van der Waals surface area contributed by atoms with E-state index >= 15 is 0 Å². The van der Waals surface area contributed by atoms with Crippen LogP contribution in [-0.4, -0.2) is 45.9 Å². The molecule has 0 radical (unpaired) electrons. The summed E-state index contributed by atoms with van der Waals surface area (Å²) in [6, 6.07) is -0.298. The Hall–Kier alpha value is -1.08. The number of thioether (sulfide) groups is 1. The van der Waals surface area contributed by atoms with Gasteiger partial charge in [0.25, 0.3) is 0 Å². The Morgan fingerprint density at radius 2 is 2.18 bits per heavy atom. The fourth-order valence-electron chi connectivity index (χ4n) is 3.08. The second-order valence-electron chi connectivity index (χ2n) is 5.83. The first-order valence-electron chi connectivity index (χ1n) is 7.78. The Labute approximate surface area is 138 Å². The fraction of sp³-hybridized carbons (Fsp3) is 0.667. The number of aromatic nitrogens is 1. The van der Waals surface area contributed by atoms with Gasteiger partial charge in [-0.15, -0.1) is 23.1 Å². The van der Waals surface area contributed by atoms with Gasteiger partial charge in [-0.2, -0.15) is 0 Å². The number of carbonyl (C=O) groups is 2. The largest absolute Gasteiger partial charge is 0.354 e. The van der Waals surface area contributed by atoms with Crippen molar-refractivity contribution in [2.75, 3.05) is 18.2 Å². The maximum Gasteiger partial charge on any atom is 0.243 e. The molecular weight excluding hydrogens is 318 g/mol. The van der Waals surface area contributed by atoms with Gasteiger partial charge in [-0.3, -0.25) is 9.59 Å². The minimum atomic E-state index is -0.298. The van der Waals surface area contributed by atoms with Gasteiger partial charge < -0.3 is 10.2 Å². The lowest BCUT2D eigenvalue weighted by Gasteiger charge is -2.25. The normalized spacial score (nSPS) is 22.2. The molecule has 0 aromatic carbocycles. The molecule has 1 aromatic heterocycles. The van der Waals surface area contributed by atoms with Crippen molar-refractivity contribution in [3.05, 3.63) is 16.6 Å². The number of nitrogens with zero attached hydrogens (tertiary/aromatic N) is 2. The lowest BCUT2D eigenvalue weighted by atomic mass is 10.1. The van der Waals surface area contributed by atoms with Gasteiger partial charge in [0.15, 0.2) is 0 Å². The molecule has 5 nitrogen and oxygen atoms in total. The number of carbonyl (C=O) groups excluding carboxylic acids is 2. The van der Waals surface area contributed by atoms with Crippen molar-refractivity contribution in [1.82, 2.24) is 15.2 Å². The van der Waals surface area contributed by atoms with Crippen LogP contribution in [-0.2, 0) is 16.0 Å². The van der Waals surface area contributed by atoms with E-state index in [2.05, 4.69) is 10.3 Å². The third kappa shape index (κ3) is 3.63. The number of thiazole rings is 1. The third-order valence-corrected chi connectivity index (χ3v) is 5.98. The van der Waals surface area contributed by atoms with Crippen molar-refractivity contribution < 1.29 is 9.59 Å². The molecule has 0 spiro atoms. The zero-order valence-corrected chi connectivity index (χ0v) is 14.1. The Kier molecular flexibility index (Phi) is 5.36. The van der Waals surface area contributed by atoms with Crippen LogP contribution in [0.2, 0.25) is 0 Å². The number of hydrogen-bond acceptors (Lipinski definition) is 5. The van der Waals surface area contributed by atoms with Crippen LogP contribution in [0, 0.1) is 5.92 Å². The lowest BCUT2D eigenvalue weighted by molar-refractivity contribution is -0.141. The summed E-state index contributed by atoms with van der Waals surface area (Å²) in [5.41, 5.74) is 2.80. The highest BCUT2D eigenvalue weighted by Crippen LogP contribution is 2.30. The van der Waals surface area contributed by atoms with E-state index in [0.717, 1.165) is 37.8 Å². The molecule has 2 fully saturated rings. The number of amides is 2. The predicted molar refractivity (Wildman–Crippen MR) is 88.7 cm³/mol. The molecule has 1 N–H and O–H groups in total. The summed E-state index contributed by atoms with van der Waals surface area (Å²) in [5, 5.41) is 4.95. The molecule has 7 heteroatoms. The molecule has 3 rings (SSSR count). The Morgan fingerprint density at radius 3 is 2.91 bits per heavy atom. The summed E-state index contributed by atoms with van der Waals surface area (Å²) in [6.45, 7) is 0.579. The average Bonchev–Trinajstić information content (AvgIpc) is 3.26. The number of nitrogens with one attached hydrogen (secondary N) is 1. The first kappa shape index (κ1) is 15.8. The summed E-state index contributed by atoms with van der Waals surface area (Å²) in [7, 11) is 0. The summed E-state index contributed by atoms with van der Waals surface area (Å²) in [6.07, 6.45) is 4.99. The standard InChI is InChI=1S/C15H21N3O2S2/c19-14(16-6-5-12-7-21-9-17-12)13-8-22-10-18(13)15(20)11-3-1-2-4-11/h7,9,11,13H,1-6,8,10H2,(H,16,19). The zero-order valence-electron chi connectivity index (χ0n) is 12.5. The molecule has 2 heterocycles. The minimum absolute atomic E-state index is 0.0217. The van der Waals surface area contributed by atoms with E-state index in [-0.39, 0.29) is 23.8 Å². The van der Waals surface area contributed by atoms with Gasteiger partial charge in [-0.1, -0.05) is 12.8 Å². The molecule has 2 aliphatic rings. The van der Waals surface area contributed by atoms with Crippen LogP contribution >= 0.6 is 23.1 Å². The van der Waals surface area contributed by atoms with E-state index in [1.54, 1.807) is 33.5 Å². The van der Waals surface area contributed by atoms with Crippen molar-refractivity contribution >= 4 is 34.9 Å². The summed E-state index contributed by atoms with van der Waals surface area (Å²) in [5.74, 6) is 1.67. The number of hydrogen-bond donors (Lipinski definition) is 1. The summed E-state index contributed by atoms with van der Waals surface area (Å²) in [4.78, 5) is 30.9. The van der Waals surface area contributed by atoms with Crippen LogP contribution in [0.5, 0.6) is 0 Å². The molecule has 1 unspecified atom stereocenters. The highest BCUT2D eigenvalue weighted by atomic mass is 32.2. The molecular formula is C15H21N3O2S2. The van der Waals surface area contributed by atoms with Gasteiger partial charge in [0.05, 0.1) is 17.1 Å². The van der Waals surface area contributed by atoms with Gasteiger partial charge >= 0.3 is 0 Å². The highest BCUT2D eigenvalue weighted by molar-refractivity contribution is 7.99. The maximum absolute atomic E-state index is 12.5. The van der Waals surface area contributed by atoms with Gasteiger partial charge in [0.1, 0.15) is 6.04 Å². The van der Waals surface area contributed by atoms with E-state index in [1.807, 2.05) is 5.38 Å². The first-order chi connectivity index (χ1) is 10.8. The van der Waals surface area contributed by atoms with Crippen molar-refractivity contribution in [3.63, 3.8) is 0 Å². The SMILES string of the molecule is O=C(NCCc1cscn1)C1CSCN1C(=O)C1CCCC1. The van der Waals surface area contributed by atoms with E-state index in [0.29, 0.717) is 18.2 Å². The molecule has 1 aliphatic carbocycles. The molecule has 1 saturated heterocycles. The molecule has 1 aliphatic heterocycles. The minimum Gasteiger partial charge on any atom is -0.354 e. The Balaban J connectivity index is 1.50. The second-order valence-corrected chi connectivity index (χ2v) is 7.54. The zero-order chi connectivity index (χ0) is 15.4. The molecule has 120 valence electrons. The average molecular weight is 339 g/mol. The molecule has 2 amide bonds. The lowest BCUT2D eigenvalue weighted by Crippen LogP contribution is -2.49. The summed E-state index contributed by atoms with van der Waals surface area (Å²) < 4.78 is 0. The second kappa shape index (κ2) is 7.46. The van der Waals surface area contributed by atoms with Crippen molar-refractivity contribution in [2.24, 2.45) is 5.92 Å². The monoisotopic (exact) mass is 339 g/mol. The van der Waals surface area contributed by atoms with E-state index in [1.165, 1.54) is 0 Å². The van der Waals surface area contributed by atoms with Crippen molar-refractivity contribution in [3.8, 4) is 0 Å². The Morgan fingerprint density at radius 1 is 1.36 bits per heavy atom. The van der Waals surface area contributed by atoms with Gasteiger partial charge in [0.2, 0.25) is 11.8 Å². The van der Waals surface area contributed by atoms with Gasteiger partial charge in [-0.05, 0) is 12.8 Å². The highest BCUT2D eigenvalue weighted by Gasteiger charge is 2.38. The van der Waals surface area contributed by atoms with Crippen LogP contribution < -0.4 is 5.32 Å². The maximum atomic E-state index is 12.5. The topological polar surface area (TPSA) is 62.3 Å².